The van der Waals surface area contributed by atoms with Crippen LogP contribution in [0.25, 0.3) is 0 Å². The Morgan fingerprint density at radius 3 is 1.62 bits per heavy atom. The SMILES string of the molecule is C1SC2CSC1[Se][Se]2. The molecule has 3 fully saturated rings. The van der Waals surface area contributed by atoms with Gasteiger partial charge >= 0.3 is 69.6 Å². The van der Waals surface area contributed by atoms with E-state index in [0.29, 0.717) is 0 Å². The Kier molecular flexibility index (Phi) is 2.24. The zero-order valence-electron chi connectivity index (χ0n) is 4.20. The molecular weight excluding hydrogens is 270 g/mol. The summed E-state index contributed by atoms with van der Waals surface area (Å²) in [5, 5.41) is 0. The molecule has 3 rings (SSSR count). The van der Waals surface area contributed by atoms with Crippen LogP contribution < -0.4 is 0 Å². The van der Waals surface area contributed by atoms with Gasteiger partial charge in [-0.3, -0.25) is 0 Å². The van der Waals surface area contributed by atoms with Gasteiger partial charge in [-0.15, -0.1) is 0 Å². The van der Waals surface area contributed by atoms with E-state index in [1.54, 1.807) is 0 Å². The van der Waals surface area contributed by atoms with Crippen molar-refractivity contribution in [2.24, 2.45) is 0 Å². The molecule has 0 aromatic heterocycles. The first-order chi connectivity index (χ1) is 3.95. The van der Waals surface area contributed by atoms with Crippen LogP contribution in [-0.2, 0) is 0 Å². The molecular formula is C4H6S2Se2. The fourth-order valence-corrected chi connectivity index (χ4v) is 19.2. The van der Waals surface area contributed by atoms with Crippen molar-refractivity contribution in [3.63, 3.8) is 0 Å². The minimum atomic E-state index is 1.08. The summed E-state index contributed by atoms with van der Waals surface area (Å²) >= 11 is 6.62. The summed E-state index contributed by atoms with van der Waals surface area (Å²) in [6.45, 7) is 0. The summed E-state index contributed by atoms with van der Waals surface area (Å²) in [5.41, 5.74) is 0. The van der Waals surface area contributed by atoms with Gasteiger partial charge in [0.1, 0.15) is 0 Å². The number of fused-ring (bicyclic) bond motifs is 3. The summed E-state index contributed by atoms with van der Waals surface area (Å²) in [5.74, 6) is 2.97. The first-order valence-corrected chi connectivity index (χ1v) is 10.9. The van der Waals surface area contributed by atoms with Crippen LogP contribution in [-0.4, -0.2) is 46.1 Å². The zero-order chi connectivity index (χ0) is 5.40. The van der Waals surface area contributed by atoms with Gasteiger partial charge in [0.05, 0.1) is 0 Å². The minimum absolute atomic E-state index is 1.08. The second-order valence-electron chi connectivity index (χ2n) is 1.72. The van der Waals surface area contributed by atoms with Crippen molar-refractivity contribution in [3.05, 3.63) is 0 Å². The van der Waals surface area contributed by atoms with Crippen LogP contribution in [0.5, 0.6) is 0 Å². The fourth-order valence-electron chi connectivity index (χ4n) is 0.703. The molecule has 0 amide bonds. The van der Waals surface area contributed by atoms with E-state index in [1.807, 2.05) is 0 Å². The van der Waals surface area contributed by atoms with E-state index >= 15 is 0 Å². The number of thioether (sulfide) groups is 2. The molecule has 8 heavy (non-hydrogen) atoms. The zero-order valence-corrected chi connectivity index (χ0v) is 9.26. The normalized spacial score (nSPS) is 45.0. The molecule has 0 nitrogen and oxygen atoms in total. The van der Waals surface area contributed by atoms with E-state index in [-0.39, 0.29) is 0 Å². The molecule has 2 bridgehead atoms. The van der Waals surface area contributed by atoms with Crippen molar-refractivity contribution in [2.45, 2.75) is 8.30 Å². The molecule has 0 radical (unpaired) electrons. The Labute approximate surface area is 69.2 Å². The number of rotatable bonds is 0. The summed E-state index contributed by atoms with van der Waals surface area (Å²) in [6, 6.07) is 0. The van der Waals surface area contributed by atoms with E-state index in [0.717, 1.165) is 34.6 Å². The quantitative estimate of drug-likeness (QED) is 0.589. The molecule has 2 unspecified atom stereocenters. The maximum atomic E-state index is 2.24. The fraction of sp³-hybridized carbons (Fsp3) is 1.00. The molecule has 3 aliphatic heterocycles. The van der Waals surface area contributed by atoms with E-state index in [1.165, 1.54) is 11.5 Å². The van der Waals surface area contributed by atoms with Crippen LogP contribution in [0, 0.1) is 0 Å². The molecule has 0 N–H and O–H groups in total. The van der Waals surface area contributed by atoms with Crippen LogP contribution in [0.15, 0.2) is 0 Å². The van der Waals surface area contributed by atoms with E-state index in [4.69, 9.17) is 0 Å². The third kappa shape index (κ3) is 1.25. The maximum absolute atomic E-state index is 2.24. The van der Waals surface area contributed by atoms with Crippen molar-refractivity contribution >= 4 is 49.8 Å². The molecule has 2 atom stereocenters. The molecule has 0 aliphatic carbocycles. The van der Waals surface area contributed by atoms with Gasteiger partial charge in [-0.2, -0.15) is 0 Å². The molecule has 4 heteroatoms. The second kappa shape index (κ2) is 2.77. The predicted molar refractivity (Wildman–Crippen MR) is 44.0 cm³/mol. The van der Waals surface area contributed by atoms with Crippen LogP contribution >= 0.6 is 23.5 Å². The topological polar surface area (TPSA) is 0 Å². The van der Waals surface area contributed by atoms with E-state index in [9.17, 15) is 0 Å². The van der Waals surface area contributed by atoms with Crippen molar-refractivity contribution in [2.75, 3.05) is 11.5 Å². The predicted octanol–water partition coefficient (Wildman–Crippen LogP) is 0.456. The molecule has 0 spiro atoms. The molecule has 0 aromatic rings. The second-order valence-corrected chi connectivity index (χ2v) is 12.9. The van der Waals surface area contributed by atoms with Gasteiger partial charge in [-0.1, -0.05) is 0 Å². The summed E-state index contributed by atoms with van der Waals surface area (Å²) in [7, 11) is 0. The first kappa shape index (κ1) is 6.45. The van der Waals surface area contributed by atoms with Crippen LogP contribution in [0.4, 0.5) is 0 Å². The summed E-state index contributed by atoms with van der Waals surface area (Å²) < 4.78 is 2.25. The van der Waals surface area contributed by atoms with Crippen molar-refractivity contribution in [1.29, 1.82) is 0 Å². The standard InChI is InChI=1S/C4H6S2Se2/c1-3-6-2-4(5-1)8-7-3/h3-4H,1-2H2. The van der Waals surface area contributed by atoms with Gasteiger partial charge in [0.15, 0.2) is 0 Å². The summed E-state index contributed by atoms with van der Waals surface area (Å²) in [6.07, 6.45) is 0. The van der Waals surface area contributed by atoms with Crippen molar-refractivity contribution in [3.8, 4) is 0 Å². The Morgan fingerprint density at radius 1 is 1.00 bits per heavy atom. The number of hydrogen-bond acceptors (Lipinski definition) is 2. The first-order valence-electron chi connectivity index (χ1n) is 2.50. The molecule has 3 heterocycles. The van der Waals surface area contributed by atoms with Gasteiger partial charge in [0, 0.05) is 0 Å². The van der Waals surface area contributed by atoms with Crippen LogP contribution in [0.2, 0.25) is 0 Å². The molecule has 0 aromatic carbocycles. The molecule has 0 saturated carbocycles. The third-order valence-electron chi connectivity index (χ3n) is 1.11. The third-order valence-corrected chi connectivity index (χ3v) is 18.3. The molecule has 3 aliphatic rings. The van der Waals surface area contributed by atoms with Gasteiger partial charge in [0.2, 0.25) is 0 Å². The Bertz CT molecular complexity index is 67.0. The average Bonchev–Trinajstić information content (AvgIpc) is 1.92. The van der Waals surface area contributed by atoms with Crippen LogP contribution in [0.1, 0.15) is 0 Å². The van der Waals surface area contributed by atoms with Crippen LogP contribution in [0.3, 0.4) is 0 Å². The summed E-state index contributed by atoms with van der Waals surface area (Å²) in [4.78, 5) is 0. The average molecular weight is 276 g/mol. The van der Waals surface area contributed by atoms with Gasteiger partial charge in [0.25, 0.3) is 0 Å². The molecule has 3 saturated heterocycles. The van der Waals surface area contributed by atoms with E-state index < -0.39 is 0 Å². The van der Waals surface area contributed by atoms with Crippen molar-refractivity contribution in [1.82, 2.24) is 0 Å². The number of hydrogen-bond donors (Lipinski definition) is 0. The monoisotopic (exact) mass is 278 g/mol. The Balaban J connectivity index is 2.03. The van der Waals surface area contributed by atoms with E-state index in [2.05, 4.69) is 23.5 Å². The van der Waals surface area contributed by atoms with Gasteiger partial charge in [-0.25, -0.2) is 0 Å². The van der Waals surface area contributed by atoms with Crippen molar-refractivity contribution < 1.29 is 0 Å². The van der Waals surface area contributed by atoms with Gasteiger partial charge < -0.3 is 0 Å². The molecule has 46 valence electrons. The Morgan fingerprint density at radius 2 is 1.50 bits per heavy atom. The van der Waals surface area contributed by atoms with Gasteiger partial charge in [-0.05, 0) is 0 Å². The Hall–Kier alpha value is 1.74.